The van der Waals surface area contributed by atoms with Gasteiger partial charge in [-0.15, -0.1) is 0 Å². The average Bonchev–Trinajstić information content (AvgIpc) is 2.67. The summed E-state index contributed by atoms with van der Waals surface area (Å²) in [6.07, 6.45) is 1.48. The Balaban J connectivity index is 2.16. The van der Waals surface area contributed by atoms with Gasteiger partial charge in [-0.3, -0.25) is 14.9 Å². The Morgan fingerprint density at radius 3 is 1.97 bits per heavy atom. The number of urea groups is 1. The minimum Gasteiger partial charge on any atom is -0.507 e. The van der Waals surface area contributed by atoms with Crippen molar-refractivity contribution in [3.8, 4) is 5.75 Å². The lowest BCUT2D eigenvalue weighted by atomic mass is 9.78. The second-order valence-electron chi connectivity index (χ2n) is 10.4. The van der Waals surface area contributed by atoms with Crippen LogP contribution in [0.25, 0.3) is 6.08 Å². The molecule has 0 aromatic heterocycles. The van der Waals surface area contributed by atoms with Crippen molar-refractivity contribution in [3.05, 3.63) is 62.6 Å². The van der Waals surface area contributed by atoms with Gasteiger partial charge < -0.3 is 5.11 Å². The van der Waals surface area contributed by atoms with E-state index >= 15 is 0 Å². The lowest BCUT2D eigenvalue weighted by Gasteiger charge is -2.29. The van der Waals surface area contributed by atoms with Gasteiger partial charge in [0.05, 0.1) is 5.69 Å². The fraction of sp³-hybridized carbons (Fsp3) is 0.346. The number of phenols is 1. The molecule has 0 atom stereocenters. The molecule has 1 aliphatic rings. The van der Waals surface area contributed by atoms with Gasteiger partial charge in [-0.2, -0.15) is 0 Å². The number of anilines is 1. The molecule has 0 aliphatic carbocycles. The smallest absolute Gasteiger partial charge is 0.335 e. The van der Waals surface area contributed by atoms with E-state index in [1.165, 1.54) is 6.08 Å². The Kier molecular flexibility index (Phi) is 6.33. The molecule has 0 saturated carbocycles. The molecule has 4 amide bonds. The molecule has 0 spiro atoms. The second kappa shape index (κ2) is 8.45. The number of hydrogen-bond donors (Lipinski definition) is 2. The monoisotopic (exact) mass is 512 g/mol. The number of nitrogens with zero attached hydrogens (tertiary/aromatic N) is 1. The number of carbonyl (C=O) groups excluding carboxylic acids is 3. The van der Waals surface area contributed by atoms with E-state index in [2.05, 4.69) is 21.2 Å². The predicted molar refractivity (Wildman–Crippen MR) is 133 cm³/mol. The summed E-state index contributed by atoms with van der Waals surface area (Å²) in [7, 11) is 0. The first-order valence-electron chi connectivity index (χ1n) is 10.7. The molecular weight excluding hydrogens is 484 g/mol. The second-order valence-corrected chi connectivity index (χ2v) is 11.2. The van der Waals surface area contributed by atoms with Crippen molar-refractivity contribution in [3.63, 3.8) is 0 Å². The van der Waals surface area contributed by atoms with Crippen molar-refractivity contribution in [1.29, 1.82) is 0 Å². The summed E-state index contributed by atoms with van der Waals surface area (Å²) < 4.78 is 0.844. The van der Waals surface area contributed by atoms with E-state index in [1.807, 2.05) is 48.5 Å². The van der Waals surface area contributed by atoms with Gasteiger partial charge in [0.1, 0.15) is 11.3 Å². The number of amides is 4. The molecule has 7 heteroatoms. The van der Waals surface area contributed by atoms with Crippen LogP contribution in [0.4, 0.5) is 10.5 Å². The molecule has 2 N–H and O–H groups in total. The molecule has 1 fully saturated rings. The van der Waals surface area contributed by atoms with E-state index in [1.54, 1.807) is 30.3 Å². The van der Waals surface area contributed by atoms with Crippen molar-refractivity contribution in [2.24, 2.45) is 0 Å². The molecule has 33 heavy (non-hydrogen) atoms. The number of benzene rings is 2. The average molecular weight is 513 g/mol. The van der Waals surface area contributed by atoms with Crippen LogP contribution in [0.2, 0.25) is 0 Å². The quantitative estimate of drug-likeness (QED) is 0.397. The molecule has 0 radical (unpaired) electrons. The third-order valence-electron chi connectivity index (χ3n) is 5.56. The summed E-state index contributed by atoms with van der Waals surface area (Å²) >= 11 is 3.41. The lowest BCUT2D eigenvalue weighted by molar-refractivity contribution is -0.122. The highest BCUT2D eigenvalue weighted by Gasteiger charge is 2.37. The van der Waals surface area contributed by atoms with E-state index < -0.39 is 17.8 Å². The summed E-state index contributed by atoms with van der Waals surface area (Å²) in [4.78, 5) is 39.4. The zero-order chi connectivity index (χ0) is 24.9. The summed E-state index contributed by atoms with van der Waals surface area (Å²) in [5.74, 6) is -1.25. The van der Waals surface area contributed by atoms with Gasteiger partial charge in [0, 0.05) is 15.6 Å². The van der Waals surface area contributed by atoms with E-state index in [0.29, 0.717) is 22.4 Å². The van der Waals surface area contributed by atoms with Crippen molar-refractivity contribution < 1.29 is 19.5 Å². The van der Waals surface area contributed by atoms with Gasteiger partial charge in [-0.1, -0.05) is 57.5 Å². The molecular formula is C26H29BrN2O4. The first kappa shape index (κ1) is 24.7. The number of rotatable bonds is 2. The highest BCUT2D eigenvalue weighted by Crippen LogP contribution is 2.40. The fourth-order valence-electron chi connectivity index (χ4n) is 3.71. The van der Waals surface area contributed by atoms with E-state index in [-0.39, 0.29) is 22.2 Å². The summed E-state index contributed by atoms with van der Waals surface area (Å²) in [6.45, 7) is 13.8. The molecule has 1 aliphatic heterocycles. The Morgan fingerprint density at radius 1 is 0.939 bits per heavy atom. The summed E-state index contributed by atoms with van der Waals surface area (Å²) in [5.41, 5.74) is 2.35. The minimum atomic E-state index is -0.791. The number of aryl methyl sites for hydroxylation is 1. The molecule has 0 unspecified atom stereocenters. The highest BCUT2D eigenvalue weighted by atomic mass is 79.9. The number of imide groups is 2. The first-order valence-corrected chi connectivity index (χ1v) is 11.5. The van der Waals surface area contributed by atoms with Crippen molar-refractivity contribution >= 4 is 45.5 Å². The van der Waals surface area contributed by atoms with Crippen LogP contribution in [0.15, 0.2) is 40.4 Å². The third-order valence-corrected chi connectivity index (χ3v) is 6.45. The maximum absolute atomic E-state index is 13.3. The largest absolute Gasteiger partial charge is 0.507 e. The molecule has 6 nitrogen and oxygen atoms in total. The van der Waals surface area contributed by atoms with Crippen LogP contribution in [0, 0.1) is 6.92 Å². The van der Waals surface area contributed by atoms with Crippen molar-refractivity contribution in [2.75, 3.05) is 4.90 Å². The number of aromatic hydroxyl groups is 1. The number of phenolic OH excluding ortho intramolecular Hbond substituents is 1. The zero-order valence-electron chi connectivity index (χ0n) is 20.0. The fourth-order valence-corrected chi connectivity index (χ4v) is 3.96. The van der Waals surface area contributed by atoms with Crippen LogP contribution in [0.5, 0.6) is 5.75 Å². The van der Waals surface area contributed by atoms with E-state index in [0.717, 1.165) is 14.9 Å². The number of carbonyl (C=O) groups is 3. The molecule has 1 saturated heterocycles. The molecule has 0 bridgehead atoms. The van der Waals surface area contributed by atoms with Gasteiger partial charge in [-0.05, 0) is 65.3 Å². The summed E-state index contributed by atoms with van der Waals surface area (Å²) in [5, 5.41) is 13.2. The van der Waals surface area contributed by atoms with Crippen molar-refractivity contribution in [2.45, 2.75) is 59.3 Å². The van der Waals surface area contributed by atoms with Gasteiger partial charge >= 0.3 is 6.03 Å². The van der Waals surface area contributed by atoms with Crippen LogP contribution in [0.3, 0.4) is 0 Å². The number of nitrogens with one attached hydrogen (secondary N) is 1. The normalized spacial score (nSPS) is 16.4. The SMILES string of the molecule is Cc1cc(N2C(=O)NC(=O)/C(=C/c3cc(C(C)(C)C)c(O)c(C(C)(C)C)c3)C2=O)ccc1Br. The lowest BCUT2D eigenvalue weighted by Crippen LogP contribution is -2.54. The molecule has 2 aromatic carbocycles. The number of hydrogen-bond acceptors (Lipinski definition) is 4. The van der Waals surface area contributed by atoms with Gasteiger partial charge in [0.2, 0.25) is 0 Å². The zero-order valence-corrected chi connectivity index (χ0v) is 21.5. The standard InChI is InChI=1S/C26H29BrN2O4/c1-14-10-16(8-9-20(14)27)29-23(32)17(22(31)28-24(29)33)11-15-12-18(25(2,3)4)21(30)19(13-15)26(5,6)7/h8-13,30H,1-7H3,(H,28,31,33)/b17-11-. The Hall–Kier alpha value is -2.93. The van der Waals surface area contributed by atoms with Crippen molar-refractivity contribution in [1.82, 2.24) is 5.32 Å². The predicted octanol–water partition coefficient (Wildman–Crippen LogP) is 5.72. The molecule has 2 aromatic rings. The molecule has 1 heterocycles. The number of barbiturate groups is 1. The third kappa shape index (κ3) is 4.88. The maximum atomic E-state index is 13.3. The molecule has 174 valence electrons. The van der Waals surface area contributed by atoms with E-state index in [4.69, 9.17) is 0 Å². The van der Waals surface area contributed by atoms with Crippen LogP contribution in [-0.4, -0.2) is 23.0 Å². The minimum absolute atomic E-state index is 0.152. The summed E-state index contributed by atoms with van der Waals surface area (Å²) in [6, 6.07) is 7.85. The Labute approximate surface area is 202 Å². The Bertz CT molecular complexity index is 1160. The topological polar surface area (TPSA) is 86.7 Å². The van der Waals surface area contributed by atoms with Crippen LogP contribution >= 0.6 is 15.9 Å². The van der Waals surface area contributed by atoms with Crippen LogP contribution < -0.4 is 10.2 Å². The van der Waals surface area contributed by atoms with Crippen LogP contribution in [0.1, 0.15) is 63.8 Å². The van der Waals surface area contributed by atoms with Gasteiger partial charge in [0.15, 0.2) is 0 Å². The first-order chi connectivity index (χ1) is 15.1. The van der Waals surface area contributed by atoms with Gasteiger partial charge in [-0.25, -0.2) is 9.69 Å². The maximum Gasteiger partial charge on any atom is 0.335 e. The number of halogens is 1. The Morgan fingerprint density at radius 2 is 1.48 bits per heavy atom. The van der Waals surface area contributed by atoms with Gasteiger partial charge in [0.25, 0.3) is 11.8 Å². The van der Waals surface area contributed by atoms with E-state index in [9.17, 15) is 19.5 Å². The van der Waals surface area contributed by atoms with Crippen LogP contribution in [-0.2, 0) is 20.4 Å². The molecule has 3 rings (SSSR count). The highest BCUT2D eigenvalue weighted by molar-refractivity contribution is 9.10.